The fraction of sp³-hybridized carbons (Fsp3) is 0.0909. The Bertz CT molecular complexity index is 469. The van der Waals surface area contributed by atoms with E-state index in [1.165, 1.54) is 0 Å². The first kappa shape index (κ1) is 10.9. The van der Waals surface area contributed by atoms with Crippen LogP contribution in [0.4, 0.5) is 8.78 Å². The van der Waals surface area contributed by atoms with Gasteiger partial charge in [-0.1, -0.05) is 11.8 Å². The van der Waals surface area contributed by atoms with Gasteiger partial charge in [-0.2, -0.15) is 5.26 Å². The Labute approximate surface area is 85.1 Å². The van der Waals surface area contributed by atoms with Crippen molar-refractivity contribution in [2.75, 3.05) is 0 Å². The molecule has 0 atom stereocenters. The van der Waals surface area contributed by atoms with Gasteiger partial charge >= 0.3 is 0 Å². The molecule has 0 N–H and O–H groups in total. The largest absolute Gasteiger partial charge is 0.298 e. The molecule has 4 heteroatoms. The van der Waals surface area contributed by atoms with E-state index in [0.717, 1.165) is 12.1 Å². The van der Waals surface area contributed by atoms with Crippen LogP contribution in [0.3, 0.4) is 0 Å². The van der Waals surface area contributed by atoms with Crippen molar-refractivity contribution in [1.82, 2.24) is 0 Å². The molecule has 1 rings (SSSR count). The van der Waals surface area contributed by atoms with Gasteiger partial charge in [0.05, 0.1) is 18.1 Å². The number of hydrogen-bond acceptors (Lipinski definition) is 2. The number of halogens is 2. The number of rotatable bonds is 1. The van der Waals surface area contributed by atoms with Gasteiger partial charge in [0.2, 0.25) is 0 Å². The van der Waals surface area contributed by atoms with Crippen LogP contribution in [0.25, 0.3) is 0 Å². The van der Waals surface area contributed by atoms with E-state index in [2.05, 4.69) is 11.8 Å². The van der Waals surface area contributed by atoms with E-state index in [4.69, 9.17) is 5.26 Å². The lowest BCUT2D eigenvalue weighted by Gasteiger charge is -1.97. The molecule has 0 aliphatic carbocycles. The molecule has 0 saturated carbocycles. The quantitative estimate of drug-likeness (QED) is 0.520. The molecular formula is C11H5F2NO. The van der Waals surface area contributed by atoms with E-state index < -0.39 is 17.2 Å². The maximum Gasteiger partial charge on any atom is 0.155 e. The summed E-state index contributed by atoms with van der Waals surface area (Å²) in [6, 6.07) is 3.68. The van der Waals surface area contributed by atoms with Crippen molar-refractivity contribution in [2.24, 2.45) is 0 Å². The van der Waals surface area contributed by atoms with Gasteiger partial charge in [-0.3, -0.25) is 4.79 Å². The zero-order valence-corrected chi connectivity index (χ0v) is 7.55. The third-order valence-electron chi connectivity index (χ3n) is 1.60. The Kier molecular flexibility index (Phi) is 3.54. The highest BCUT2D eigenvalue weighted by molar-refractivity contribution is 5.76. The van der Waals surface area contributed by atoms with Crippen LogP contribution in [-0.2, 0) is 0 Å². The van der Waals surface area contributed by atoms with Crippen LogP contribution >= 0.6 is 0 Å². The van der Waals surface area contributed by atoms with Crippen LogP contribution in [0, 0.1) is 34.8 Å². The number of carbonyl (C=O) groups excluding carboxylic acids is 1. The summed E-state index contributed by atoms with van der Waals surface area (Å²) in [6.07, 6.45) is 0.0931. The Morgan fingerprint density at radius 1 is 1.33 bits per heavy atom. The van der Waals surface area contributed by atoms with Crippen LogP contribution in [0.1, 0.15) is 22.3 Å². The van der Waals surface area contributed by atoms with Crippen molar-refractivity contribution in [3.63, 3.8) is 0 Å². The van der Waals surface area contributed by atoms with Gasteiger partial charge in [0, 0.05) is 5.56 Å². The van der Waals surface area contributed by atoms with Crippen molar-refractivity contribution in [1.29, 1.82) is 5.26 Å². The lowest BCUT2D eigenvalue weighted by atomic mass is 10.1. The summed E-state index contributed by atoms with van der Waals surface area (Å²) in [5, 5.41) is 8.19. The van der Waals surface area contributed by atoms with Crippen molar-refractivity contribution in [2.45, 2.75) is 6.42 Å². The molecule has 1 aromatic rings. The minimum absolute atomic E-state index is 0.0152. The van der Waals surface area contributed by atoms with E-state index in [9.17, 15) is 13.6 Å². The molecule has 2 nitrogen and oxygen atoms in total. The van der Waals surface area contributed by atoms with Crippen LogP contribution in [0.15, 0.2) is 12.1 Å². The molecule has 0 radical (unpaired) electrons. The Morgan fingerprint density at radius 3 is 2.40 bits per heavy atom. The molecule has 15 heavy (non-hydrogen) atoms. The van der Waals surface area contributed by atoms with E-state index in [1.807, 2.05) is 0 Å². The fourth-order valence-electron chi connectivity index (χ4n) is 0.955. The number of nitriles is 1. The van der Waals surface area contributed by atoms with E-state index in [0.29, 0.717) is 0 Å². The van der Waals surface area contributed by atoms with Crippen LogP contribution in [-0.4, -0.2) is 6.29 Å². The molecule has 0 bridgehead atoms. The Balaban J connectivity index is 3.12. The minimum atomic E-state index is -0.953. The number of hydrogen-bond donors (Lipinski definition) is 0. The molecule has 0 aliphatic rings. The van der Waals surface area contributed by atoms with E-state index in [-0.39, 0.29) is 18.3 Å². The van der Waals surface area contributed by atoms with Crippen molar-refractivity contribution in [3.05, 3.63) is 34.9 Å². The Hall–Kier alpha value is -2.20. The molecule has 0 fully saturated rings. The van der Waals surface area contributed by atoms with Crippen molar-refractivity contribution in [3.8, 4) is 17.9 Å². The Morgan fingerprint density at radius 2 is 1.93 bits per heavy atom. The monoisotopic (exact) mass is 205 g/mol. The smallest absolute Gasteiger partial charge is 0.155 e. The average Bonchev–Trinajstić information content (AvgIpc) is 2.18. The summed E-state index contributed by atoms with van der Waals surface area (Å²) in [5.41, 5.74) is -0.508. The van der Waals surface area contributed by atoms with Crippen molar-refractivity contribution < 1.29 is 13.6 Å². The molecule has 0 saturated heterocycles. The predicted molar refractivity (Wildman–Crippen MR) is 48.9 cm³/mol. The number of aldehydes is 1. The van der Waals surface area contributed by atoms with E-state index >= 15 is 0 Å². The second-order valence-corrected chi connectivity index (χ2v) is 2.61. The highest BCUT2D eigenvalue weighted by Crippen LogP contribution is 2.12. The first-order valence-corrected chi connectivity index (χ1v) is 3.99. The van der Waals surface area contributed by atoms with Crippen LogP contribution < -0.4 is 0 Å². The molecule has 1 aromatic carbocycles. The summed E-state index contributed by atoms with van der Waals surface area (Å²) >= 11 is 0. The highest BCUT2D eigenvalue weighted by atomic mass is 19.1. The van der Waals surface area contributed by atoms with Gasteiger partial charge in [-0.25, -0.2) is 8.78 Å². The topological polar surface area (TPSA) is 40.9 Å². The maximum absolute atomic E-state index is 13.0. The SMILES string of the molecule is N#CCC#Cc1cc(F)c(C=O)c(F)c1. The molecule has 0 aromatic heterocycles. The summed E-state index contributed by atoms with van der Waals surface area (Å²) < 4.78 is 26.0. The summed E-state index contributed by atoms with van der Waals surface area (Å²) in [4.78, 5) is 10.3. The molecule has 0 spiro atoms. The van der Waals surface area contributed by atoms with Crippen molar-refractivity contribution >= 4 is 6.29 Å². The third kappa shape index (κ3) is 2.62. The van der Waals surface area contributed by atoms with Gasteiger partial charge in [-0.15, -0.1) is 0 Å². The molecule has 0 heterocycles. The standard InChI is InChI=1S/C11H5F2NO/c12-10-5-8(3-1-2-4-14)6-11(13)9(10)7-15/h5-7H,2H2. The number of benzene rings is 1. The normalized spacial score (nSPS) is 8.60. The average molecular weight is 205 g/mol. The van der Waals surface area contributed by atoms with Gasteiger partial charge in [0.25, 0.3) is 0 Å². The van der Waals surface area contributed by atoms with Gasteiger partial charge in [0.15, 0.2) is 6.29 Å². The number of carbonyl (C=O) groups is 1. The van der Waals surface area contributed by atoms with Crippen LogP contribution in [0.2, 0.25) is 0 Å². The zero-order chi connectivity index (χ0) is 11.3. The molecule has 0 aliphatic heterocycles. The first-order chi connectivity index (χ1) is 7.19. The molecule has 0 amide bonds. The molecule has 74 valence electrons. The van der Waals surface area contributed by atoms with Gasteiger partial charge < -0.3 is 0 Å². The fourth-order valence-corrected chi connectivity index (χ4v) is 0.955. The number of nitrogens with zero attached hydrogens (tertiary/aromatic N) is 1. The molecule has 0 unspecified atom stereocenters. The van der Waals surface area contributed by atoms with Gasteiger partial charge in [0.1, 0.15) is 11.6 Å². The lowest BCUT2D eigenvalue weighted by Crippen LogP contribution is -1.94. The summed E-state index contributed by atoms with van der Waals surface area (Å²) in [7, 11) is 0. The zero-order valence-electron chi connectivity index (χ0n) is 7.55. The maximum atomic E-state index is 13.0. The summed E-state index contributed by atoms with van der Waals surface area (Å²) in [6.45, 7) is 0. The lowest BCUT2D eigenvalue weighted by molar-refractivity contribution is 0.111. The second-order valence-electron chi connectivity index (χ2n) is 2.61. The predicted octanol–water partition coefficient (Wildman–Crippen LogP) is 2.04. The van der Waals surface area contributed by atoms with Gasteiger partial charge in [-0.05, 0) is 12.1 Å². The van der Waals surface area contributed by atoms with Crippen LogP contribution in [0.5, 0.6) is 0 Å². The highest BCUT2D eigenvalue weighted by Gasteiger charge is 2.08. The third-order valence-corrected chi connectivity index (χ3v) is 1.60. The molecular weight excluding hydrogens is 200 g/mol. The minimum Gasteiger partial charge on any atom is -0.298 e. The van der Waals surface area contributed by atoms with E-state index in [1.54, 1.807) is 6.07 Å². The second kappa shape index (κ2) is 4.88. The first-order valence-electron chi connectivity index (χ1n) is 3.99. The summed E-state index contributed by atoms with van der Waals surface area (Å²) in [5.74, 6) is 2.92.